The highest BCUT2D eigenvalue weighted by Crippen LogP contribution is 2.30. The summed E-state index contributed by atoms with van der Waals surface area (Å²) in [5, 5.41) is 3.32. The molecule has 2 heterocycles. The molecule has 2 fully saturated rings. The van der Waals surface area contributed by atoms with Crippen molar-refractivity contribution in [2.45, 2.75) is 31.8 Å². The van der Waals surface area contributed by atoms with Gasteiger partial charge in [0.2, 0.25) is 0 Å². The van der Waals surface area contributed by atoms with Gasteiger partial charge in [0.05, 0.1) is 31.0 Å². The zero-order valence-corrected chi connectivity index (χ0v) is 18.7. The zero-order valence-electron chi connectivity index (χ0n) is 18.7. The third-order valence-electron chi connectivity index (χ3n) is 6.61. The molecule has 1 amide bonds. The molecule has 5 rings (SSSR count). The molecule has 0 spiro atoms. The number of morpholine rings is 1. The summed E-state index contributed by atoms with van der Waals surface area (Å²) in [4.78, 5) is 22.7. The number of nitrogens with zero attached hydrogens (tertiary/aromatic N) is 3. The lowest BCUT2D eigenvalue weighted by Crippen LogP contribution is -2.50. The van der Waals surface area contributed by atoms with Gasteiger partial charge in [-0.05, 0) is 37.0 Å². The van der Waals surface area contributed by atoms with E-state index < -0.39 is 0 Å². The van der Waals surface area contributed by atoms with Crippen LogP contribution in [-0.4, -0.2) is 60.6 Å². The van der Waals surface area contributed by atoms with E-state index in [-0.39, 0.29) is 24.3 Å². The van der Waals surface area contributed by atoms with E-state index in [4.69, 9.17) is 9.73 Å². The molecule has 2 aromatic rings. The summed E-state index contributed by atoms with van der Waals surface area (Å²) in [6, 6.07) is 16.9. The first-order valence-corrected chi connectivity index (χ1v) is 11.7. The lowest BCUT2D eigenvalue weighted by atomic mass is 9.90. The van der Waals surface area contributed by atoms with Gasteiger partial charge in [0.25, 0.3) is 5.91 Å². The highest BCUT2D eigenvalue weighted by Gasteiger charge is 2.34. The fourth-order valence-corrected chi connectivity index (χ4v) is 4.50. The lowest BCUT2D eigenvalue weighted by Gasteiger charge is -2.39. The monoisotopic (exact) mass is 448 g/mol. The fraction of sp³-hybridized carbons (Fsp3) is 0.385. The molecule has 1 N–H and O–H groups in total. The van der Waals surface area contributed by atoms with Crippen molar-refractivity contribution in [1.82, 2.24) is 15.1 Å². The molecule has 6 nitrogen and oxygen atoms in total. The van der Waals surface area contributed by atoms with Gasteiger partial charge in [-0.15, -0.1) is 0 Å². The third kappa shape index (κ3) is 4.64. The van der Waals surface area contributed by atoms with Crippen molar-refractivity contribution in [2.75, 3.05) is 32.8 Å². The van der Waals surface area contributed by atoms with Gasteiger partial charge in [-0.3, -0.25) is 4.79 Å². The topological polar surface area (TPSA) is 57.2 Å². The van der Waals surface area contributed by atoms with Crippen molar-refractivity contribution in [1.29, 1.82) is 0 Å². The average molecular weight is 449 g/mol. The number of halogens is 1. The summed E-state index contributed by atoms with van der Waals surface area (Å²) < 4.78 is 20.3. The summed E-state index contributed by atoms with van der Waals surface area (Å²) in [5.41, 5.74) is 2.52. The van der Waals surface area contributed by atoms with Crippen LogP contribution in [0.5, 0.6) is 0 Å². The minimum Gasteiger partial charge on any atom is -0.378 e. The zero-order chi connectivity index (χ0) is 22.6. The van der Waals surface area contributed by atoms with Crippen LogP contribution in [0.4, 0.5) is 4.39 Å². The van der Waals surface area contributed by atoms with Crippen LogP contribution in [0.15, 0.2) is 65.2 Å². The van der Waals surface area contributed by atoms with Crippen LogP contribution in [0.2, 0.25) is 0 Å². The molecule has 1 saturated carbocycles. The highest BCUT2D eigenvalue weighted by molar-refractivity contribution is 6.06. The standard InChI is InChI=1S/C26H29FN4O2/c27-23-12-5-4-11-21(23)24-22(17-28-26(29-24)30-13-15-33-16-14-30)25(32)31(20-9-6-10-20)18-19-7-2-1-3-8-19/h1-5,7-8,11-12,20H,6,9-10,13-18H2,(H,28,29). The van der Waals surface area contributed by atoms with Crippen LogP contribution >= 0.6 is 0 Å². The number of guanidine groups is 1. The molecular formula is C26H29FN4O2. The molecule has 7 heteroatoms. The Balaban J connectivity index is 1.49. The van der Waals surface area contributed by atoms with Crippen LogP contribution < -0.4 is 5.32 Å². The quantitative estimate of drug-likeness (QED) is 0.762. The molecule has 0 aromatic heterocycles. The van der Waals surface area contributed by atoms with Crippen molar-refractivity contribution in [3.63, 3.8) is 0 Å². The first-order valence-electron chi connectivity index (χ1n) is 11.7. The lowest BCUT2D eigenvalue weighted by molar-refractivity contribution is -0.131. The maximum Gasteiger partial charge on any atom is 0.254 e. The van der Waals surface area contributed by atoms with Crippen LogP contribution in [0.1, 0.15) is 30.4 Å². The Morgan fingerprint density at radius 3 is 2.52 bits per heavy atom. The van der Waals surface area contributed by atoms with Crippen LogP contribution in [0.3, 0.4) is 0 Å². The van der Waals surface area contributed by atoms with Gasteiger partial charge < -0.3 is 19.9 Å². The molecule has 2 aromatic carbocycles. The van der Waals surface area contributed by atoms with Crippen molar-refractivity contribution in [2.24, 2.45) is 4.99 Å². The van der Waals surface area contributed by atoms with E-state index in [0.717, 1.165) is 24.8 Å². The second-order valence-corrected chi connectivity index (χ2v) is 8.70. The average Bonchev–Trinajstić information content (AvgIpc) is 2.83. The number of ether oxygens (including phenoxy) is 1. The first kappa shape index (κ1) is 21.6. The number of hydrogen-bond acceptors (Lipinski definition) is 5. The van der Waals surface area contributed by atoms with Gasteiger partial charge in [0.15, 0.2) is 5.96 Å². The van der Waals surface area contributed by atoms with Gasteiger partial charge in [-0.25, -0.2) is 9.38 Å². The maximum absolute atomic E-state index is 14.9. The van der Waals surface area contributed by atoms with Crippen molar-refractivity contribution >= 4 is 17.6 Å². The molecule has 0 radical (unpaired) electrons. The molecule has 1 aliphatic carbocycles. The van der Waals surface area contributed by atoms with E-state index in [1.165, 1.54) is 6.07 Å². The Kier molecular flexibility index (Phi) is 6.39. The van der Waals surface area contributed by atoms with E-state index in [1.54, 1.807) is 18.2 Å². The number of benzene rings is 2. The fourth-order valence-electron chi connectivity index (χ4n) is 4.50. The molecule has 172 valence electrons. The number of hydrogen-bond donors (Lipinski definition) is 1. The summed E-state index contributed by atoms with van der Waals surface area (Å²) >= 11 is 0. The summed E-state index contributed by atoms with van der Waals surface area (Å²) in [5.74, 6) is 0.247. The normalized spacial score (nSPS) is 18.9. The van der Waals surface area contributed by atoms with Gasteiger partial charge >= 0.3 is 0 Å². The second-order valence-electron chi connectivity index (χ2n) is 8.70. The number of amides is 1. The molecule has 3 aliphatic rings. The molecular weight excluding hydrogens is 419 g/mol. The van der Waals surface area contributed by atoms with E-state index in [9.17, 15) is 9.18 Å². The molecule has 0 atom stereocenters. The number of aliphatic imine (C=N–C) groups is 1. The minimum absolute atomic E-state index is 0.0703. The SMILES string of the molecule is O=C(C1=C(c2ccccc2F)NC(N2CCOCC2)=NC1)N(Cc1ccccc1)C1CCC1. The molecule has 0 unspecified atom stereocenters. The third-order valence-corrected chi connectivity index (χ3v) is 6.61. The van der Waals surface area contributed by atoms with Crippen LogP contribution in [-0.2, 0) is 16.1 Å². The molecule has 2 aliphatic heterocycles. The van der Waals surface area contributed by atoms with Crippen molar-refractivity contribution < 1.29 is 13.9 Å². The van der Waals surface area contributed by atoms with Gasteiger partial charge in [-0.2, -0.15) is 0 Å². The Morgan fingerprint density at radius 1 is 1.09 bits per heavy atom. The predicted octanol–water partition coefficient (Wildman–Crippen LogP) is 3.41. The number of nitrogens with one attached hydrogen (secondary N) is 1. The number of carbonyl (C=O) groups is 1. The molecule has 33 heavy (non-hydrogen) atoms. The van der Waals surface area contributed by atoms with E-state index in [2.05, 4.69) is 10.2 Å². The first-order chi connectivity index (χ1) is 16.2. The van der Waals surface area contributed by atoms with Crippen molar-refractivity contribution in [3.05, 3.63) is 77.1 Å². The van der Waals surface area contributed by atoms with E-state index >= 15 is 0 Å². The summed E-state index contributed by atoms with van der Waals surface area (Å²) in [7, 11) is 0. The Morgan fingerprint density at radius 2 is 1.82 bits per heavy atom. The minimum atomic E-state index is -0.355. The van der Waals surface area contributed by atoms with Crippen LogP contribution in [0.25, 0.3) is 5.70 Å². The van der Waals surface area contributed by atoms with E-state index in [1.807, 2.05) is 35.2 Å². The Labute approximate surface area is 193 Å². The number of rotatable bonds is 5. The van der Waals surface area contributed by atoms with Gasteiger partial charge in [0, 0.05) is 31.2 Å². The summed E-state index contributed by atoms with van der Waals surface area (Å²) in [6.45, 7) is 3.43. The van der Waals surface area contributed by atoms with E-state index in [0.29, 0.717) is 55.6 Å². The molecule has 0 bridgehead atoms. The Bertz CT molecular complexity index is 1060. The highest BCUT2D eigenvalue weighted by atomic mass is 19.1. The smallest absolute Gasteiger partial charge is 0.254 e. The Hall–Kier alpha value is -3.19. The summed E-state index contributed by atoms with van der Waals surface area (Å²) in [6.07, 6.45) is 3.12. The second kappa shape index (κ2) is 9.75. The van der Waals surface area contributed by atoms with Gasteiger partial charge in [-0.1, -0.05) is 42.5 Å². The van der Waals surface area contributed by atoms with Crippen molar-refractivity contribution in [3.8, 4) is 0 Å². The molecule has 1 saturated heterocycles. The van der Waals surface area contributed by atoms with Crippen LogP contribution in [0, 0.1) is 5.82 Å². The van der Waals surface area contributed by atoms with Gasteiger partial charge in [0.1, 0.15) is 5.82 Å². The largest absolute Gasteiger partial charge is 0.378 e. The predicted molar refractivity (Wildman–Crippen MR) is 126 cm³/mol. The maximum atomic E-state index is 14.9. The number of carbonyl (C=O) groups excluding carboxylic acids is 1.